The molecule has 2 atom stereocenters. The van der Waals surface area contributed by atoms with Crippen molar-refractivity contribution in [1.29, 1.82) is 0 Å². The van der Waals surface area contributed by atoms with Gasteiger partial charge in [0.2, 0.25) is 0 Å². The van der Waals surface area contributed by atoms with Gasteiger partial charge in [0.05, 0.1) is 31.7 Å². The van der Waals surface area contributed by atoms with E-state index in [1.807, 2.05) is 36.1 Å². The van der Waals surface area contributed by atoms with Gasteiger partial charge in [-0.05, 0) is 35.1 Å². The number of hydrogen-bond acceptors (Lipinski definition) is 4. The molecular weight excluding hydrogens is 414 g/mol. The molecular formula is C28H29NO4. The summed E-state index contributed by atoms with van der Waals surface area (Å²) in [6.07, 6.45) is 1.99. The number of ether oxygens (including phenoxy) is 2. The molecule has 1 amide bonds. The number of nitrogens with zero attached hydrogens (tertiary/aromatic N) is 1. The van der Waals surface area contributed by atoms with E-state index < -0.39 is 0 Å². The SMILES string of the molecule is CCC#CCC(=O)C1CC2COCC(C1)N2C(=O)OCC1c2ccccc2-c2ccccc21. The molecule has 2 aliphatic heterocycles. The van der Waals surface area contributed by atoms with Crippen LogP contribution in [-0.4, -0.2) is 48.7 Å². The summed E-state index contributed by atoms with van der Waals surface area (Å²) < 4.78 is 11.6. The molecule has 2 saturated heterocycles. The molecule has 2 heterocycles. The first-order valence-electron chi connectivity index (χ1n) is 11.9. The molecule has 0 radical (unpaired) electrons. The number of morpholine rings is 1. The molecule has 2 aromatic carbocycles. The predicted octanol–water partition coefficient (Wildman–Crippen LogP) is 4.79. The van der Waals surface area contributed by atoms with Crippen LogP contribution < -0.4 is 0 Å². The zero-order valence-corrected chi connectivity index (χ0v) is 19.0. The highest BCUT2D eigenvalue weighted by molar-refractivity contribution is 5.84. The number of amides is 1. The van der Waals surface area contributed by atoms with Gasteiger partial charge in [-0.25, -0.2) is 4.79 Å². The van der Waals surface area contributed by atoms with E-state index in [1.165, 1.54) is 22.3 Å². The van der Waals surface area contributed by atoms with Crippen LogP contribution >= 0.6 is 0 Å². The molecule has 5 nitrogen and oxygen atoms in total. The molecule has 0 spiro atoms. The third kappa shape index (κ3) is 4.16. The molecule has 0 aromatic heterocycles. The number of ketones is 1. The van der Waals surface area contributed by atoms with Crippen molar-refractivity contribution < 1.29 is 19.1 Å². The Kier molecular flexibility index (Phi) is 6.20. The molecule has 2 bridgehead atoms. The average Bonchev–Trinajstić information content (AvgIpc) is 3.15. The molecule has 33 heavy (non-hydrogen) atoms. The van der Waals surface area contributed by atoms with Crippen molar-refractivity contribution in [1.82, 2.24) is 4.90 Å². The monoisotopic (exact) mass is 443 g/mol. The normalized spacial score (nSPS) is 23.2. The fourth-order valence-corrected chi connectivity index (χ4v) is 5.56. The van der Waals surface area contributed by atoms with Gasteiger partial charge < -0.3 is 9.47 Å². The lowest BCUT2D eigenvalue weighted by molar-refractivity contribution is -0.130. The van der Waals surface area contributed by atoms with Gasteiger partial charge in [0.25, 0.3) is 0 Å². The van der Waals surface area contributed by atoms with E-state index in [-0.39, 0.29) is 35.8 Å². The summed E-state index contributed by atoms with van der Waals surface area (Å²) in [7, 11) is 0. The Morgan fingerprint density at radius 3 is 2.18 bits per heavy atom. The first-order valence-corrected chi connectivity index (χ1v) is 11.9. The second-order valence-corrected chi connectivity index (χ2v) is 9.07. The fourth-order valence-electron chi connectivity index (χ4n) is 5.56. The summed E-state index contributed by atoms with van der Waals surface area (Å²) in [6.45, 7) is 3.18. The molecule has 5 heteroatoms. The highest BCUT2D eigenvalue weighted by Gasteiger charge is 2.44. The van der Waals surface area contributed by atoms with E-state index in [1.54, 1.807) is 0 Å². The van der Waals surface area contributed by atoms with Crippen LogP contribution in [0.4, 0.5) is 4.79 Å². The number of carbonyl (C=O) groups is 2. The summed E-state index contributed by atoms with van der Waals surface area (Å²) in [5, 5.41) is 0. The topological polar surface area (TPSA) is 55.8 Å². The number of piperidine rings is 1. The van der Waals surface area contributed by atoms with E-state index in [4.69, 9.17) is 9.47 Å². The maximum Gasteiger partial charge on any atom is 0.410 e. The molecule has 0 N–H and O–H groups in total. The summed E-state index contributed by atoms with van der Waals surface area (Å²) in [6, 6.07) is 16.4. The second-order valence-electron chi connectivity index (χ2n) is 9.07. The third-order valence-corrected chi connectivity index (χ3v) is 7.09. The smallest absolute Gasteiger partial charge is 0.410 e. The van der Waals surface area contributed by atoms with Gasteiger partial charge in [-0.1, -0.05) is 61.4 Å². The fraction of sp³-hybridized carbons (Fsp3) is 0.429. The maximum absolute atomic E-state index is 13.2. The Hall–Kier alpha value is -3.10. The van der Waals surface area contributed by atoms with Gasteiger partial charge >= 0.3 is 6.09 Å². The molecule has 1 aliphatic carbocycles. The van der Waals surface area contributed by atoms with Crippen LogP contribution in [0.15, 0.2) is 48.5 Å². The highest BCUT2D eigenvalue weighted by atomic mass is 16.6. The Morgan fingerprint density at radius 2 is 1.58 bits per heavy atom. The summed E-state index contributed by atoms with van der Waals surface area (Å²) in [5.74, 6) is 6.09. The zero-order chi connectivity index (χ0) is 22.8. The molecule has 2 aromatic rings. The van der Waals surface area contributed by atoms with Crippen LogP contribution in [0, 0.1) is 17.8 Å². The number of hydrogen-bond donors (Lipinski definition) is 0. The van der Waals surface area contributed by atoms with Gasteiger partial charge in [-0.15, -0.1) is 5.92 Å². The number of Topliss-reactive ketones (excluding diaryl/α,β-unsaturated/α-hetero) is 1. The highest BCUT2D eigenvalue weighted by Crippen LogP contribution is 2.44. The molecule has 5 rings (SSSR count). The quantitative estimate of drug-likeness (QED) is 0.638. The number of carbonyl (C=O) groups excluding carboxylic acids is 2. The zero-order valence-electron chi connectivity index (χ0n) is 19.0. The predicted molar refractivity (Wildman–Crippen MR) is 126 cm³/mol. The van der Waals surface area contributed by atoms with Crippen molar-refractivity contribution in [3.05, 3.63) is 59.7 Å². The first-order chi connectivity index (χ1) is 16.2. The first kappa shape index (κ1) is 21.7. The van der Waals surface area contributed by atoms with Crippen molar-refractivity contribution in [3.63, 3.8) is 0 Å². The van der Waals surface area contributed by atoms with Crippen LogP contribution in [0.3, 0.4) is 0 Å². The Labute approximate surface area is 195 Å². The van der Waals surface area contributed by atoms with Crippen LogP contribution in [0.1, 0.15) is 49.7 Å². The molecule has 2 fully saturated rings. The van der Waals surface area contributed by atoms with Crippen molar-refractivity contribution in [2.75, 3.05) is 19.8 Å². The summed E-state index contributed by atoms with van der Waals surface area (Å²) in [4.78, 5) is 27.7. The number of fused-ring (bicyclic) bond motifs is 5. The van der Waals surface area contributed by atoms with Crippen molar-refractivity contribution in [2.45, 2.75) is 50.6 Å². The summed E-state index contributed by atoms with van der Waals surface area (Å²) in [5.41, 5.74) is 4.83. The maximum atomic E-state index is 13.2. The standard InChI is InChI=1S/C28H29NO4/c1-2-3-4-13-27(30)19-14-20-16-32-17-21(15-19)29(20)28(31)33-18-26-24-11-7-5-9-22(24)23-10-6-8-12-25(23)26/h5-12,19-21,26H,2,13-18H2,1H3. The lowest BCUT2D eigenvalue weighted by atomic mass is 9.82. The van der Waals surface area contributed by atoms with Gasteiger partial charge in [0, 0.05) is 18.3 Å². The van der Waals surface area contributed by atoms with E-state index in [9.17, 15) is 9.59 Å². The largest absolute Gasteiger partial charge is 0.448 e. The van der Waals surface area contributed by atoms with Crippen LogP contribution in [-0.2, 0) is 14.3 Å². The molecule has 0 saturated carbocycles. The number of benzene rings is 2. The van der Waals surface area contributed by atoms with E-state index >= 15 is 0 Å². The van der Waals surface area contributed by atoms with Gasteiger partial charge in [-0.2, -0.15) is 0 Å². The van der Waals surface area contributed by atoms with Crippen LogP contribution in [0.5, 0.6) is 0 Å². The van der Waals surface area contributed by atoms with Crippen molar-refractivity contribution >= 4 is 11.9 Å². The summed E-state index contributed by atoms with van der Waals surface area (Å²) >= 11 is 0. The molecule has 2 unspecified atom stereocenters. The third-order valence-electron chi connectivity index (χ3n) is 7.09. The van der Waals surface area contributed by atoms with Crippen LogP contribution in [0.2, 0.25) is 0 Å². The van der Waals surface area contributed by atoms with Crippen molar-refractivity contribution in [3.8, 4) is 23.0 Å². The van der Waals surface area contributed by atoms with Gasteiger partial charge in [-0.3, -0.25) is 9.69 Å². The number of rotatable bonds is 4. The molecule has 170 valence electrons. The lowest BCUT2D eigenvalue weighted by Gasteiger charge is -2.47. The minimum Gasteiger partial charge on any atom is -0.448 e. The van der Waals surface area contributed by atoms with Crippen LogP contribution in [0.25, 0.3) is 11.1 Å². The Bertz CT molecular complexity index is 1050. The van der Waals surface area contributed by atoms with E-state index in [2.05, 4.69) is 36.1 Å². The Balaban J connectivity index is 1.27. The lowest BCUT2D eigenvalue weighted by Crippen LogP contribution is -2.60. The second kappa shape index (κ2) is 9.41. The van der Waals surface area contributed by atoms with E-state index in [0.29, 0.717) is 39.1 Å². The van der Waals surface area contributed by atoms with E-state index in [0.717, 1.165) is 6.42 Å². The van der Waals surface area contributed by atoms with Gasteiger partial charge in [0.15, 0.2) is 0 Å². The minimum atomic E-state index is -0.299. The minimum absolute atomic E-state index is 0.0358. The van der Waals surface area contributed by atoms with Gasteiger partial charge in [0.1, 0.15) is 12.4 Å². The average molecular weight is 444 g/mol. The van der Waals surface area contributed by atoms with Crippen molar-refractivity contribution in [2.24, 2.45) is 5.92 Å². The Morgan fingerprint density at radius 1 is 0.970 bits per heavy atom. The molecule has 3 aliphatic rings.